The van der Waals surface area contributed by atoms with E-state index in [9.17, 15) is 14.0 Å². The molecule has 0 bridgehead atoms. The Morgan fingerprint density at radius 3 is 2.19 bits per heavy atom. The maximum atomic E-state index is 13.5. The predicted molar refractivity (Wildman–Crippen MR) is 137 cm³/mol. The van der Waals surface area contributed by atoms with E-state index in [4.69, 9.17) is 0 Å². The fraction of sp³-hybridized carbons (Fsp3) is 0.107. The van der Waals surface area contributed by atoms with E-state index >= 15 is 0 Å². The highest BCUT2D eigenvalue weighted by molar-refractivity contribution is 6.09. The van der Waals surface area contributed by atoms with Crippen LogP contribution < -0.4 is 16.0 Å². The smallest absolute Gasteiger partial charge is 0.261 e. The molecule has 2 amide bonds. The van der Waals surface area contributed by atoms with Crippen LogP contribution in [-0.4, -0.2) is 21.6 Å². The van der Waals surface area contributed by atoms with Gasteiger partial charge >= 0.3 is 0 Å². The van der Waals surface area contributed by atoms with Crippen LogP contribution in [0.15, 0.2) is 96.3 Å². The first kappa shape index (κ1) is 23.0. The summed E-state index contributed by atoms with van der Waals surface area (Å²) in [6, 6.07) is 22.1. The summed E-state index contributed by atoms with van der Waals surface area (Å²) in [5.41, 5.74) is 4.48. The van der Waals surface area contributed by atoms with Crippen LogP contribution in [0, 0.1) is 12.7 Å². The standard InChI is InChI=1S/C28H24FN5O2/c1-17-8-10-19(11-9-17)25-24(28(36)33-21-6-4-3-5-7-21)18(2)31-26-23(16-30-34(25)26)27(35)32-22-14-12-20(29)13-15-22/h3-16,25,31H,1-2H3,(H,32,35)(H,33,36)/t25-/m0/s1. The minimum Gasteiger partial charge on any atom is -0.343 e. The zero-order valence-electron chi connectivity index (χ0n) is 19.7. The van der Waals surface area contributed by atoms with Crippen molar-refractivity contribution in [1.82, 2.24) is 9.78 Å². The second kappa shape index (κ2) is 9.50. The highest BCUT2D eigenvalue weighted by Gasteiger charge is 2.35. The summed E-state index contributed by atoms with van der Waals surface area (Å²) in [7, 11) is 0. The second-order valence-electron chi connectivity index (χ2n) is 8.61. The van der Waals surface area contributed by atoms with Gasteiger partial charge in [-0.25, -0.2) is 9.07 Å². The fourth-order valence-electron chi connectivity index (χ4n) is 4.22. The normalized spacial score (nSPS) is 14.6. The average Bonchev–Trinajstić information content (AvgIpc) is 3.29. The number of nitrogens with zero attached hydrogens (tertiary/aromatic N) is 2. The molecule has 3 aromatic carbocycles. The highest BCUT2D eigenvalue weighted by Crippen LogP contribution is 2.38. The van der Waals surface area contributed by atoms with Gasteiger partial charge in [0.05, 0.1) is 11.8 Å². The van der Waals surface area contributed by atoms with Crippen molar-refractivity contribution in [1.29, 1.82) is 0 Å². The lowest BCUT2D eigenvalue weighted by molar-refractivity contribution is -0.113. The Balaban J connectivity index is 1.53. The molecular weight excluding hydrogens is 457 g/mol. The molecule has 0 unspecified atom stereocenters. The van der Waals surface area contributed by atoms with E-state index in [2.05, 4.69) is 21.0 Å². The SMILES string of the molecule is CC1=C(C(=O)Nc2ccccc2)[C@H](c2ccc(C)cc2)n2ncc(C(=O)Nc3ccc(F)cc3)c2N1. The lowest BCUT2D eigenvalue weighted by atomic mass is 9.94. The summed E-state index contributed by atoms with van der Waals surface area (Å²) in [6.07, 6.45) is 1.47. The minimum absolute atomic E-state index is 0.268. The van der Waals surface area contributed by atoms with Gasteiger partial charge in [0.1, 0.15) is 23.2 Å². The third kappa shape index (κ3) is 4.48. The van der Waals surface area contributed by atoms with Crippen LogP contribution in [-0.2, 0) is 4.79 Å². The van der Waals surface area contributed by atoms with Gasteiger partial charge in [0.25, 0.3) is 11.8 Å². The average molecular weight is 482 g/mol. The molecule has 180 valence electrons. The molecule has 36 heavy (non-hydrogen) atoms. The van der Waals surface area contributed by atoms with Crippen LogP contribution in [0.25, 0.3) is 0 Å². The van der Waals surface area contributed by atoms with Crippen LogP contribution in [0.3, 0.4) is 0 Å². The van der Waals surface area contributed by atoms with Crippen LogP contribution in [0.4, 0.5) is 21.6 Å². The third-order valence-corrected chi connectivity index (χ3v) is 6.04. The lowest BCUT2D eigenvalue weighted by Crippen LogP contribution is -2.32. The first-order valence-electron chi connectivity index (χ1n) is 11.5. The first-order valence-corrected chi connectivity index (χ1v) is 11.5. The molecule has 0 radical (unpaired) electrons. The fourth-order valence-corrected chi connectivity index (χ4v) is 4.22. The Morgan fingerprint density at radius 2 is 1.50 bits per heavy atom. The Kier molecular flexibility index (Phi) is 6.08. The van der Waals surface area contributed by atoms with Gasteiger partial charge in [-0.1, -0.05) is 48.0 Å². The molecule has 2 heterocycles. The Labute approximate surface area is 207 Å². The van der Waals surface area contributed by atoms with E-state index in [1.54, 1.807) is 11.6 Å². The topological polar surface area (TPSA) is 88.0 Å². The second-order valence-corrected chi connectivity index (χ2v) is 8.61. The Morgan fingerprint density at radius 1 is 0.861 bits per heavy atom. The summed E-state index contributed by atoms with van der Waals surface area (Å²) in [5.74, 6) is -0.590. The van der Waals surface area contributed by atoms with Crippen LogP contribution in [0.1, 0.15) is 34.5 Å². The lowest BCUT2D eigenvalue weighted by Gasteiger charge is -2.30. The molecule has 0 spiro atoms. The molecule has 4 aromatic rings. The third-order valence-electron chi connectivity index (χ3n) is 6.04. The van der Waals surface area contributed by atoms with E-state index in [0.717, 1.165) is 11.1 Å². The summed E-state index contributed by atoms with van der Waals surface area (Å²) < 4.78 is 14.9. The number of para-hydroxylation sites is 1. The molecule has 3 N–H and O–H groups in total. The number of aromatic nitrogens is 2. The molecule has 8 heteroatoms. The monoisotopic (exact) mass is 481 g/mol. The number of hydrogen-bond acceptors (Lipinski definition) is 4. The quantitative estimate of drug-likeness (QED) is 0.351. The van der Waals surface area contributed by atoms with Crippen LogP contribution in [0.2, 0.25) is 0 Å². The number of allylic oxidation sites excluding steroid dienone is 1. The van der Waals surface area contributed by atoms with Crippen LogP contribution >= 0.6 is 0 Å². The molecule has 0 saturated carbocycles. The van der Waals surface area contributed by atoms with Crippen molar-refractivity contribution >= 4 is 29.0 Å². The summed E-state index contributed by atoms with van der Waals surface area (Å²) >= 11 is 0. The molecule has 1 aliphatic heterocycles. The van der Waals surface area contributed by atoms with Crippen LogP contribution in [0.5, 0.6) is 0 Å². The van der Waals surface area contributed by atoms with Gasteiger partial charge in [0, 0.05) is 17.1 Å². The van der Waals surface area contributed by atoms with Gasteiger partial charge in [0.2, 0.25) is 0 Å². The van der Waals surface area contributed by atoms with Crippen molar-refractivity contribution < 1.29 is 14.0 Å². The van der Waals surface area contributed by atoms with Crippen molar-refractivity contribution in [2.45, 2.75) is 19.9 Å². The summed E-state index contributed by atoms with van der Waals surface area (Å²) in [5, 5.41) is 13.5. The van der Waals surface area contributed by atoms with Crippen molar-refractivity contribution in [3.63, 3.8) is 0 Å². The molecule has 0 saturated heterocycles. The number of carbonyl (C=O) groups excluding carboxylic acids is 2. The number of halogens is 1. The Bertz CT molecular complexity index is 1460. The van der Waals surface area contributed by atoms with Gasteiger partial charge in [0.15, 0.2) is 0 Å². The largest absolute Gasteiger partial charge is 0.343 e. The number of carbonyl (C=O) groups is 2. The number of benzene rings is 3. The first-order chi connectivity index (χ1) is 17.4. The van der Waals surface area contributed by atoms with Crippen molar-refractivity contribution in [2.75, 3.05) is 16.0 Å². The number of rotatable bonds is 5. The van der Waals surface area contributed by atoms with Crippen molar-refractivity contribution in [3.8, 4) is 0 Å². The number of fused-ring (bicyclic) bond motifs is 1. The van der Waals surface area contributed by atoms with Crippen molar-refractivity contribution in [2.24, 2.45) is 0 Å². The number of anilines is 3. The van der Waals surface area contributed by atoms with Gasteiger partial charge in [-0.15, -0.1) is 0 Å². The number of nitrogens with one attached hydrogen (secondary N) is 3. The van der Waals surface area contributed by atoms with E-state index < -0.39 is 11.9 Å². The molecule has 1 aromatic heterocycles. The highest BCUT2D eigenvalue weighted by atomic mass is 19.1. The minimum atomic E-state index is -0.557. The zero-order chi connectivity index (χ0) is 25.2. The molecule has 1 aliphatic rings. The molecule has 5 rings (SSSR count). The zero-order valence-corrected chi connectivity index (χ0v) is 19.7. The molecule has 1 atom stereocenters. The van der Waals surface area contributed by atoms with E-state index in [1.165, 1.54) is 30.5 Å². The van der Waals surface area contributed by atoms with E-state index in [-0.39, 0.29) is 11.7 Å². The maximum absolute atomic E-state index is 13.5. The predicted octanol–water partition coefficient (Wildman–Crippen LogP) is 5.51. The summed E-state index contributed by atoms with van der Waals surface area (Å²) in [4.78, 5) is 26.6. The molecule has 0 fully saturated rings. The molecular formula is C28H24FN5O2. The number of aryl methyl sites for hydroxylation is 1. The number of hydrogen-bond donors (Lipinski definition) is 3. The molecule has 7 nitrogen and oxygen atoms in total. The maximum Gasteiger partial charge on any atom is 0.261 e. The van der Waals surface area contributed by atoms with Gasteiger partial charge in [-0.2, -0.15) is 5.10 Å². The van der Waals surface area contributed by atoms with E-state index in [0.29, 0.717) is 34.0 Å². The summed E-state index contributed by atoms with van der Waals surface area (Å²) in [6.45, 7) is 3.80. The van der Waals surface area contributed by atoms with Gasteiger partial charge < -0.3 is 16.0 Å². The van der Waals surface area contributed by atoms with E-state index in [1.807, 2.05) is 61.5 Å². The Hall–Kier alpha value is -4.72. The molecule has 0 aliphatic carbocycles. The number of amides is 2. The van der Waals surface area contributed by atoms with Crippen molar-refractivity contribution in [3.05, 3.63) is 119 Å². The van der Waals surface area contributed by atoms with Gasteiger partial charge in [-0.3, -0.25) is 9.59 Å². The van der Waals surface area contributed by atoms with Gasteiger partial charge in [-0.05, 0) is 55.8 Å².